The van der Waals surface area contributed by atoms with Crippen LogP contribution in [-0.4, -0.2) is 20.5 Å². The largest absolute Gasteiger partial charge is 0.472 e. The molecule has 23 heavy (non-hydrogen) atoms. The molecule has 0 aliphatic heterocycles. The molecule has 0 aromatic carbocycles. The van der Waals surface area contributed by atoms with E-state index in [0.717, 1.165) is 10.4 Å². The lowest BCUT2D eigenvalue weighted by Crippen LogP contribution is -2.22. The van der Waals surface area contributed by atoms with Crippen LogP contribution in [0.3, 0.4) is 0 Å². The number of nitrogens with one attached hydrogen (secondary N) is 1. The molecule has 0 fully saturated rings. The molecule has 0 atom stereocenters. The summed E-state index contributed by atoms with van der Waals surface area (Å²) in [5.74, 6) is 0.508. The van der Waals surface area contributed by atoms with Crippen molar-refractivity contribution >= 4 is 22.9 Å². The smallest absolute Gasteiger partial charge is 0.253 e. The molecule has 0 saturated carbocycles. The standard InChI is InChI=1S/C16H12N4O2S/c21-16(17-8-13-2-1-7-23-13)11-3-4-14-18-19-15(20(14)9-11)12-5-6-22-10-12/h1-7,9-10H,8H2,(H,17,21). The predicted molar refractivity (Wildman–Crippen MR) is 86.2 cm³/mol. The predicted octanol–water partition coefficient (Wildman–Crippen LogP) is 2.98. The summed E-state index contributed by atoms with van der Waals surface area (Å²) in [4.78, 5) is 13.4. The number of rotatable bonds is 4. The Bertz CT molecular complexity index is 942. The summed E-state index contributed by atoms with van der Waals surface area (Å²) >= 11 is 1.61. The van der Waals surface area contributed by atoms with Crippen molar-refractivity contribution < 1.29 is 9.21 Å². The molecule has 0 saturated heterocycles. The minimum Gasteiger partial charge on any atom is -0.472 e. The van der Waals surface area contributed by atoms with Crippen molar-refractivity contribution in [1.29, 1.82) is 0 Å². The van der Waals surface area contributed by atoms with Gasteiger partial charge < -0.3 is 9.73 Å². The minimum absolute atomic E-state index is 0.132. The van der Waals surface area contributed by atoms with Gasteiger partial charge in [-0.1, -0.05) is 6.07 Å². The highest BCUT2D eigenvalue weighted by molar-refractivity contribution is 7.09. The van der Waals surface area contributed by atoms with Gasteiger partial charge in [0.1, 0.15) is 6.26 Å². The zero-order valence-electron chi connectivity index (χ0n) is 12.0. The summed E-state index contributed by atoms with van der Waals surface area (Å²) in [6, 6.07) is 9.28. The fourth-order valence-corrected chi connectivity index (χ4v) is 2.94. The van der Waals surface area contributed by atoms with Crippen LogP contribution in [0.5, 0.6) is 0 Å². The molecule has 7 heteroatoms. The van der Waals surface area contributed by atoms with Gasteiger partial charge in [-0.05, 0) is 29.6 Å². The van der Waals surface area contributed by atoms with E-state index in [0.29, 0.717) is 23.6 Å². The van der Waals surface area contributed by atoms with Gasteiger partial charge in [0.15, 0.2) is 11.5 Å². The summed E-state index contributed by atoms with van der Waals surface area (Å²) in [5, 5.41) is 13.2. The lowest BCUT2D eigenvalue weighted by Gasteiger charge is -2.05. The first-order chi connectivity index (χ1) is 11.3. The molecule has 6 nitrogen and oxygen atoms in total. The van der Waals surface area contributed by atoms with Crippen LogP contribution < -0.4 is 5.32 Å². The monoisotopic (exact) mass is 324 g/mol. The highest BCUT2D eigenvalue weighted by Gasteiger charge is 2.12. The molecule has 4 heterocycles. The number of furan rings is 1. The first-order valence-electron chi connectivity index (χ1n) is 6.99. The van der Waals surface area contributed by atoms with Gasteiger partial charge in [0.2, 0.25) is 0 Å². The van der Waals surface area contributed by atoms with Gasteiger partial charge >= 0.3 is 0 Å². The number of carbonyl (C=O) groups is 1. The molecular formula is C16H12N4O2S. The van der Waals surface area contributed by atoms with Crippen LogP contribution in [0.2, 0.25) is 0 Å². The Labute approximate surface area is 135 Å². The fourth-order valence-electron chi connectivity index (χ4n) is 2.30. The van der Waals surface area contributed by atoms with Crippen LogP contribution in [0.4, 0.5) is 0 Å². The van der Waals surface area contributed by atoms with E-state index in [2.05, 4.69) is 15.5 Å². The number of carbonyl (C=O) groups excluding carboxylic acids is 1. The van der Waals surface area contributed by atoms with Gasteiger partial charge in [0.05, 0.1) is 23.9 Å². The number of amides is 1. The van der Waals surface area contributed by atoms with Gasteiger partial charge in [-0.15, -0.1) is 21.5 Å². The van der Waals surface area contributed by atoms with Crippen molar-refractivity contribution in [3.63, 3.8) is 0 Å². The van der Waals surface area contributed by atoms with Crippen molar-refractivity contribution in [2.24, 2.45) is 0 Å². The zero-order valence-corrected chi connectivity index (χ0v) is 12.8. The Hall–Kier alpha value is -2.93. The second kappa shape index (κ2) is 5.69. The highest BCUT2D eigenvalue weighted by Crippen LogP contribution is 2.19. The van der Waals surface area contributed by atoms with Gasteiger partial charge in [-0.25, -0.2) is 0 Å². The second-order valence-electron chi connectivity index (χ2n) is 4.94. The Morgan fingerprint density at radius 2 is 2.22 bits per heavy atom. The third-order valence-corrected chi connectivity index (χ3v) is 4.32. The summed E-state index contributed by atoms with van der Waals surface area (Å²) in [5.41, 5.74) is 2.04. The molecule has 4 aromatic heterocycles. The fraction of sp³-hybridized carbons (Fsp3) is 0.0625. The van der Waals surface area contributed by atoms with Crippen molar-refractivity contribution in [3.05, 3.63) is 64.9 Å². The molecule has 0 aliphatic carbocycles. The molecule has 4 rings (SSSR count). The molecule has 1 amide bonds. The Morgan fingerprint density at radius 3 is 3.00 bits per heavy atom. The topological polar surface area (TPSA) is 72.4 Å². The van der Waals surface area contributed by atoms with E-state index < -0.39 is 0 Å². The maximum atomic E-state index is 12.3. The first-order valence-corrected chi connectivity index (χ1v) is 7.87. The van der Waals surface area contributed by atoms with E-state index in [1.165, 1.54) is 0 Å². The zero-order chi connectivity index (χ0) is 15.6. The number of fused-ring (bicyclic) bond motifs is 1. The van der Waals surface area contributed by atoms with Crippen molar-refractivity contribution in [2.45, 2.75) is 6.54 Å². The molecule has 114 valence electrons. The first kappa shape index (κ1) is 13.7. The van der Waals surface area contributed by atoms with E-state index in [4.69, 9.17) is 4.42 Å². The van der Waals surface area contributed by atoms with Gasteiger partial charge in [0.25, 0.3) is 5.91 Å². The van der Waals surface area contributed by atoms with Crippen molar-refractivity contribution in [3.8, 4) is 11.4 Å². The van der Waals surface area contributed by atoms with E-state index >= 15 is 0 Å². The number of pyridine rings is 1. The average molecular weight is 324 g/mol. The van der Waals surface area contributed by atoms with Crippen LogP contribution in [0.1, 0.15) is 15.2 Å². The Kier molecular flexibility index (Phi) is 3.39. The number of nitrogens with zero attached hydrogens (tertiary/aromatic N) is 3. The lowest BCUT2D eigenvalue weighted by molar-refractivity contribution is 0.0951. The maximum Gasteiger partial charge on any atom is 0.253 e. The van der Waals surface area contributed by atoms with Gasteiger partial charge in [-0.2, -0.15) is 0 Å². The molecule has 0 radical (unpaired) electrons. The van der Waals surface area contributed by atoms with Gasteiger partial charge in [0, 0.05) is 11.1 Å². The number of thiophene rings is 1. The highest BCUT2D eigenvalue weighted by atomic mass is 32.1. The molecular weight excluding hydrogens is 312 g/mol. The Morgan fingerprint density at radius 1 is 1.26 bits per heavy atom. The summed E-state index contributed by atoms with van der Waals surface area (Å²) in [6.45, 7) is 0.519. The molecule has 0 spiro atoms. The molecule has 0 aliphatic rings. The minimum atomic E-state index is -0.132. The maximum absolute atomic E-state index is 12.3. The van der Waals surface area contributed by atoms with Crippen LogP contribution in [0.15, 0.2) is 58.9 Å². The van der Waals surface area contributed by atoms with Crippen LogP contribution in [-0.2, 0) is 6.54 Å². The average Bonchev–Trinajstić information content (AvgIpc) is 3.31. The SMILES string of the molecule is O=C(NCc1cccs1)c1ccc2nnc(-c3ccoc3)n2c1. The summed E-state index contributed by atoms with van der Waals surface area (Å²) in [7, 11) is 0. The van der Waals surface area contributed by atoms with E-state index in [-0.39, 0.29) is 5.91 Å². The summed E-state index contributed by atoms with van der Waals surface area (Å²) < 4.78 is 6.87. The summed E-state index contributed by atoms with van der Waals surface area (Å²) in [6.07, 6.45) is 4.91. The Balaban J connectivity index is 1.62. The third-order valence-electron chi connectivity index (χ3n) is 3.45. The third kappa shape index (κ3) is 2.62. The second-order valence-corrected chi connectivity index (χ2v) is 5.98. The molecule has 0 bridgehead atoms. The normalized spacial score (nSPS) is 11.0. The van der Waals surface area contributed by atoms with Gasteiger partial charge in [-0.3, -0.25) is 9.20 Å². The van der Waals surface area contributed by atoms with Crippen molar-refractivity contribution in [2.75, 3.05) is 0 Å². The molecule has 4 aromatic rings. The number of aromatic nitrogens is 3. The lowest BCUT2D eigenvalue weighted by atomic mass is 10.2. The van der Waals surface area contributed by atoms with Crippen LogP contribution in [0.25, 0.3) is 17.0 Å². The van der Waals surface area contributed by atoms with E-state index in [9.17, 15) is 4.79 Å². The number of hydrogen-bond acceptors (Lipinski definition) is 5. The van der Waals surface area contributed by atoms with Crippen LogP contribution >= 0.6 is 11.3 Å². The quantitative estimate of drug-likeness (QED) is 0.626. The van der Waals surface area contributed by atoms with E-state index in [1.54, 1.807) is 52.7 Å². The van der Waals surface area contributed by atoms with E-state index in [1.807, 2.05) is 17.5 Å². The number of hydrogen-bond donors (Lipinski definition) is 1. The molecule has 0 unspecified atom stereocenters. The van der Waals surface area contributed by atoms with Crippen LogP contribution in [0, 0.1) is 0 Å². The van der Waals surface area contributed by atoms with Crippen molar-refractivity contribution in [1.82, 2.24) is 19.9 Å². The molecule has 1 N–H and O–H groups in total.